The molecular weight excluding hydrogens is 218 g/mol. The smallest absolute Gasteiger partial charge is 0.301 e. The van der Waals surface area contributed by atoms with Gasteiger partial charge < -0.3 is 4.42 Å². The zero-order valence-electron chi connectivity index (χ0n) is 10.7. The summed E-state index contributed by atoms with van der Waals surface area (Å²) in [5.74, 6) is 5.02. The van der Waals surface area contributed by atoms with Crippen molar-refractivity contribution in [1.29, 1.82) is 0 Å². The number of nitrogen functional groups attached to an aromatic ring is 1. The molecule has 0 aliphatic rings. The Balaban J connectivity index is 2.79. The van der Waals surface area contributed by atoms with Crippen LogP contribution < -0.4 is 11.3 Å². The number of furan rings is 1. The molecule has 1 atom stereocenters. The van der Waals surface area contributed by atoms with Crippen LogP contribution in [0, 0.1) is 0 Å². The number of carbonyl (C=O) groups is 1. The molecule has 1 amide bonds. The van der Waals surface area contributed by atoms with Gasteiger partial charge in [0.2, 0.25) is 0 Å². The molecule has 96 valence electrons. The van der Waals surface area contributed by atoms with Crippen molar-refractivity contribution in [3.05, 3.63) is 23.7 Å². The lowest BCUT2D eigenvalue weighted by molar-refractivity contribution is 0.0922. The van der Waals surface area contributed by atoms with Crippen LogP contribution in [0.15, 0.2) is 16.7 Å². The van der Waals surface area contributed by atoms with E-state index in [0.29, 0.717) is 18.3 Å². The summed E-state index contributed by atoms with van der Waals surface area (Å²) >= 11 is 0. The van der Waals surface area contributed by atoms with E-state index in [4.69, 9.17) is 10.3 Å². The number of hydrogen-bond acceptors (Lipinski definition) is 4. The Hall–Kier alpha value is -1.33. The molecule has 0 saturated heterocycles. The van der Waals surface area contributed by atoms with Gasteiger partial charge in [-0.2, -0.15) is 0 Å². The van der Waals surface area contributed by atoms with Gasteiger partial charge in [-0.15, -0.1) is 0 Å². The molecule has 0 aliphatic heterocycles. The molecule has 1 unspecified atom stereocenters. The molecule has 1 aromatic heterocycles. The Morgan fingerprint density at radius 3 is 2.82 bits per heavy atom. The van der Waals surface area contributed by atoms with Gasteiger partial charge in [-0.1, -0.05) is 13.8 Å². The van der Waals surface area contributed by atoms with Gasteiger partial charge in [-0.25, -0.2) is 5.84 Å². The monoisotopic (exact) mass is 239 g/mol. The average molecular weight is 239 g/mol. The van der Waals surface area contributed by atoms with Crippen LogP contribution in [0.25, 0.3) is 0 Å². The third-order valence-electron chi connectivity index (χ3n) is 3.08. The topological polar surface area (TPSA) is 71.5 Å². The van der Waals surface area contributed by atoms with Crippen molar-refractivity contribution in [3.63, 3.8) is 0 Å². The van der Waals surface area contributed by atoms with Gasteiger partial charge in [0.1, 0.15) is 0 Å². The Kier molecular flexibility index (Phi) is 5.18. The minimum atomic E-state index is -0.384. The number of hydrogen-bond donors (Lipinski definition) is 2. The minimum absolute atomic E-state index is 0.300. The summed E-state index contributed by atoms with van der Waals surface area (Å²) in [5, 5.41) is 0. The van der Waals surface area contributed by atoms with Gasteiger partial charge in [0.15, 0.2) is 5.76 Å². The van der Waals surface area contributed by atoms with Gasteiger partial charge in [-0.05, 0) is 26.0 Å². The molecule has 1 aromatic rings. The quantitative estimate of drug-likeness (QED) is 0.448. The molecule has 1 heterocycles. The highest BCUT2D eigenvalue weighted by Gasteiger charge is 2.18. The predicted octanol–water partition coefficient (Wildman–Crippen LogP) is 1.50. The van der Waals surface area contributed by atoms with Gasteiger partial charge in [0, 0.05) is 18.2 Å². The molecular formula is C12H21N3O2. The highest BCUT2D eigenvalue weighted by atomic mass is 16.3. The highest BCUT2D eigenvalue weighted by molar-refractivity contribution is 5.92. The van der Waals surface area contributed by atoms with Crippen LogP contribution in [0.2, 0.25) is 0 Å². The van der Waals surface area contributed by atoms with Crippen molar-refractivity contribution in [1.82, 2.24) is 10.3 Å². The van der Waals surface area contributed by atoms with E-state index in [1.807, 2.05) is 6.07 Å². The highest BCUT2D eigenvalue weighted by Crippen LogP contribution is 2.15. The minimum Gasteiger partial charge on any atom is -0.459 e. The van der Waals surface area contributed by atoms with E-state index in [-0.39, 0.29) is 5.91 Å². The average Bonchev–Trinajstić information content (AvgIpc) is 2.82. The molecule has 1 rings (SSSR count). The molecule has 0 aromatic carbocycles. The van der Waals surface area contributed by atoms with Gasteiger partial charge in [0.05, 0.1) is 6.26 Å². The zero-order valence-corrected chi connectivity index (χ0v) is 10.7. The number of nitrogens with zero attached hydrogens (tertiary/aromatic N) is 1. The van der Waals surface area contributed by atoms with E-state index in [0.717, 1.165) is 18.5 Å². The van der Waals surface area contributed by atoms with Crippen LogP contribution in [-0.4, -0.2) is 23.4 Å². The van der Waals surface area contributed by atoms with Crippen molar-refractivity contribution in [2.75, 3.05) is 6.54 Å². The first-order valence-corrected chi connectivity index (χ1v) is 5.95. The first-order valence-electron chi connectivity index (χ1n) is 5.95. The standard InChI is InChI=1S/C12H21N3O2/c1-4-9(3)15(5-2)8-10-6-7-17-11(10)12(16)14-13/h6-7,9H,4-5,8,13H2,1-3H3,(H,14,16). The molecule has 0 fully saturated rings. The van der Waals surface area contributed by atoms with E-state index in [1.165, 1.54) is 6.26 Å². The Bertz CT molecular complexity index is 362. The summed E-state index contributed by atoms with van der Waals surface area (Å²) in [6.45, 7) is 8.06. The summed E-state index contributed by atoms with van der Waals surface area (Å²) in [4.78, 5) is 13.7. The van der Waals surface area contributed by atoms with E-state index < -0.39 is 0 Å². The Labute approximate surface area is 102 Å². The predicted molar refractivity (Wildman–Crippen MR) is 66.2 cm³/mol. The molecule has 5 heteroatoms. The van der Waals surface area contributed by atoms with E-state index in [1.54, 1.807) is 0 Å². The SMILES string of the molecule is CCC(C)N(CC)Cc1ccoc1C(=O)NN. The van der Waals surface area contributed by atoms with Crippen LogP contribution in [0.5, 0.6) is 0 Å². The number of rotatable bonds is 6. The second kappa shape index (κ2) is 6.42. The molecule has 0 radical (unpaired) electrons. The van der Waals surface area contributed by atoms with Crippen molar-refractivity contribution in [3.8, 4) is 0 Å². The molecule has 0 saturated carbocycles. The maximum absolute atomic E-state index is 11.5. The van der Waals surface area contributed by atoms with Crippen LogP contribution in [0.4, 0.5) is 0 Å². The number of carbonyl (C=O) groups excluding carboxylic acids is 1. The second-order valence-corrected chi connectivity index (χ2v) is 4.07. The largest absolute Gasteiger partial charge is 0.459 e. The first kappa shape index (κ1) is 13.7. The normalized spacial score (nSPS) is 12.8. The van der Waals surface area contributed by atoms with Crippen molar-refractivity contribution in [2.45, 2.75) is 39.8 Å². The number of nitrogens with one attached hydrogen (secondary N) is 1. The Morgan fingerprint density at radius 2 is 2.29 bits per heavy atom. The molecule has 0 aliphatic carbocycles. The maximum atomic E-state index is 11.5. The van der Waals surface area contributed by atoms with Gasteiger partial charge >= 0.3 is 5.91 Å². The van der Waals surface area contributed by atoms with Crippen LogP contribution in [0.3, 0.4) is 0 Å². The summed E-state index contributed by atoms with van der Waals surface area (Å²) in [7, 11) is 0. The number of hydrazine groups is 1. The lowest BCUT2D eigenvalue weighted by atomic mass is 10.1. The van der Waals surface area contributed by atoms with Crippen molar-refractivity contribution < 1.29 is 9.21 Å². The molecule has 5 nitrogen and oxygen atoms in total. The fourth-order valence-corrected chi connectivity index (χ4v) is 1.78. The molecule has 17 heavy (non-hydrogen) atoms. The molecule has 0 bridgehead atoms. The van der Waals surface area contributed by atoms with Crippen molar-refractivity contribution >= 4 is 5.91 Å². The molecule has 3 N–H and O–H groups in total. The van der Waals surface area contributed by atoms with E-state index >= 15 is 0 Å². The lowest BCUT2D eigenvalue weighted by Gasteiger charge is -2.26. The van der Waals surface area contributed by atoms with Gasteiger partial charge in [0.25, 0.3) is 0 Å². The van der Waals surface area contributed by atoms with Crippen LogP contribution >= 0.6 is 0 Å². The van der Waals surface area contributed by atoms with Crippen molar-refractivity contribution in [2.24, 2.45) is 5.84 Å². The Morgan fingerprint density at radius 1 is 1.59 bits per heavy atom. The van der Waals surface area contributed by atoms with E-state index in [9.17, 15) is 4.79 Å². The van der Waals surface area contributed by atoms with Crippen LogP contribution in [-0.2, 0) is 6.54 Å². The fourth-order valence-electron chi connectivity index (χ4n) is 1.78. The fraction of sp³-hybridized carbons (Fsp3) is 0.583. The van der Waals surface area contributed by atoms with Crippen LogP contribution in [0.1, 0.15) is 43.3 Å². The third kappa shape index (κ3) is 3.31. The van der Waals surface area contributed by atoms with Gasteiger partial charge in [-0.3, -0.25) is 15.1 Å². The molecule has 0 spiro atoms. The first-order chi connectivity index (χ1) is 8.13. The maximum Gasteiger partial charge on any atom is 0.301 e. The third-order valence-corrected chi connectivity index (χ3v) is 3.08. The lowest BCUT2D eigenvalue weighted by Crippen LogP contribution is -2.34. The number of amides is 1. The summed E-state index contributed by atoms with van der Waals surface area (Å²) in [5.41, 5.74) is 2.96. The summed E-state index contributed by atoms with van der Waals surface area (Å²) in [6, 6.07) is 2.29. The number of nitrogens with two attached hydrogens (primary N) is 1. The zero-order chi connectivity index (χ0) is 12.8. The summed E-state index contributed by atoms with van der Waals surface area (Å²) < 4.78 is 5.16. The summed E-state index contributed by atoms with van der Waals surface area (Å²) in [6.07, 6.45) is 2.59. The van der Waals surface area contributed by atoms with E-state index in [2.05, 4.69) is 31.1 Å². The second-order valence-electron chi connectivity index (χ2n) is 4.07.